The van der Waals surface area contributed by atoms with Crippen LogP contribution in [0.4, 0.5) is 19.4 Å². The van der Waals surface area contributed by atoms with Crippen molar-refractivity contribution in [3.63, 3.8) is 0 Å². The van der Waals surface area contributed by atoms with Crippen LogP contribution in [0.15, 0.2) is 60.8 Å². The zero-order valence-electron chi connectivity index (χ0n) is 40.6. The molecule has 6 saturated heterocycles. The first-order valence-electron chi connectivity index (χ1n) is 25.4. The molecule has 16 nitrogen and oxygen atoms in total. The smallest absolute Gasteiger partial charge is 0.409 e. The number of imide groups is 1. The van der Waals surface area contributed by atoms with Crippen LogP contribution in [0.25, 0.3) is 32.9 Å². The molecule has 0 radical (unpaired) electrons. The monoisotopic (exact) mass is 1000 g/mol. The number of benzene rings is 3. The Morgan fingerprint density at radius 2 is 1.81 bits per heavy atom. The fourth-order valence-electron chi connectivity index (χ4n) is 12.6. The van der Waals surface area contributed by atoms with Gasteiger partial charge in [-0.2, -0.15) is 9.97 Å². The van der Waals surface area contributed by atoms with Crippen molar-refractivity contribution in [2.45, 2.75) is 94.0 Å². The number of phenolic OH excluding ortho intramolecular Hbond substituents is 1. The zero-order valence-corrected chi connectivity index (χ0v) is 40.6. The van der Waals surface area contributed by atoms with Crippen LogP contribution in [-0.4, -0.2) is 134 Å². The number of piperazine rings is 1. The molecule has 2 bridgehead atoms. The molecule has 378 valence electrons. The topological polar surface area (TPSA) is 183 Å². The number of hydrogen-bond acceptors (Lipinski definition) is 13. The second-order valence-electron chi connectivity index (χ2n) is 20.8. The van der Waals surface area contributed by atoms with E-state index in [0.717, 1.165) is 36.8 Å². The number of likely N-dealkylation sites (tertiary alicyclic amines) is 1. The molecule has 12 rings (SSSR count). The van der Waals surface area contributed by atoms with Gasteiger partial charge >= 0.3 is 12.1 Å². The molecular formula is C56H53F2N9O7. The summed E-state index contributed by atoms with van der Waals surface area (Å²) in [4.78, 5) is 73.3. The fourth-order valence-corrected chi connectivity index (χ4v) is 12.6. The first kappa shape index (κ1) is 47.3. The standard InChI is InChI=1S/C56H53F2N9O7/c1-3-40-43(57)12-9-34-21-39(68)22-41(47(34)40)49-48(58)50-42(24-59-49)51(65-27-36-10-11-37(28-65)60-36)63-54(62-50)74-30-56-18-15-38(67(56)25-31(2)23-56)29-73-55(72)64-19-16-32(17-20-64)7-8-33-5-4-6-35-26-66(53(71)46(33)35)44-13-14-45(69)61-52(44)70/h1,4-6,9,12,21-22,24,32,36-38,44,60,68H,2,10-11,13-20,23,25-30H2,(H,61,69,70)/t36-,37+,38-,44?,56-/m0/s1. The third-order valence-electron chi connectivity index (χ3n) is 16.2. The number of hydrogen-bond donors (Lipinski definition) is 3. The quantitative estimate of drug-likeness (QED) is 0.0943. The van der Waals surface area contributed by atoms with E-state index in [2.05, 4.69) is 49.8 Å². The number of anilines is 1. The van der Waals surface area contributed by atoms with E-state index in [-0.39, 0.29) is 108 Å². The summed E-state index contributed by atoms with van der Waals surface area (Å²) in [7, 11) is 0. The van der Waals surface area contributed by atoms with Crippen molar-refractivity contribution in [2.75, 3.05) is 50.8 Å². The number of phenols is 1. The SMILES string of the molecule is C#Cc1c(F)ccc2cc(O)cc(-c3ncc4c(N5C[C@H]6CC[C@@H](C5)N6)nc(OC[C@@]56CC[C@@H](COC(=O)N7CCC(C#Cc8cccc9c8C(=O)N(C8CCC(=O)NC8=O)C9)CC7)N5CC(=C)C6)nc4c3F)c12. The molecule has 0 aliphatic carbocycles. The minimum Gasteiger partial charge on any atom is -0.508 e. The van der Waals surface area contributed by atoms with Crippen LogP contribution < -0.4 is 20.3 Å². The first-order valence-corrected chi connectivity index (χ1v) is 25.4. The van der Waals surface area contributed by atoms with E-state index in [4.69, 9.17) is 25.9 Å². The molecule has 9 heterocycles. The highest BCUT2D eigenvalue weighted by atomic mass is 19.1. The first-order chi connectivity index (χ1) is 35.8. The maximum atomic E-state index is 17.3. The molecule has 7 aliphatic heterocycles. The van der Waals surface area contributed by atoms with Crippen LogP contribution in [0.1, 0.15) is 84.8 Å². The molecule has 6 fully saturated rings. The number of amides is 4. The number of nitrogens with zero attached hydrogens (tertiary/aromatic N) is 7. The van der Waals surface area contributed by atoms with Gasteiger partial charge < -0.3 is 34.6 Å². The second-order valence-corrected chi connectivity index (χ2v) is 20.8. The number of carbonyl (C=O) groups excluding carboxylic acids is 4. The highest BCUT2D eigenvalue weighted by Gasteiger charge is 2.52. The molecule has 5 atom stereocenters. The Morgan fingerprint density at radius 3 is 2.59 bits per heavy atom. The number of nitrogens with one attached hydrogen (secondary N) is 2. The molecule has 3 aromatic carbocycles. The number of piperidine rings is 2. The van der Waals surface area contributed by atoms with Gasteiger partial charge in [-0.3, -0.25) is 29.6 Å². The van der Waals surface area contributed by atoms with Crippen molar-refractivity contribution in [3.8, 4) is 47.2 Å². The lowest BCUT2D eigenvalue weighted by Gasteiger charge is -2.35. The number of fused-ring (bicyclic) bond motifs is 6. The number of terminal acetylenes is 1. The lowest BCUT2D eigenvalue weighted by atomic mass is 9.94. The Hall–Kier alpha value is -7.67. The van der Waals surface area contributed by atoms with E-state index in [1.807, 2.05) is 18.2 Å². The maximum Gasteiger partial charge on any atom is 0.409 e. The number of pyridine rings is 1. The van der Waals surface area contributed by atoms with E-state index < -0.39 is 35.2 Å². The van der Waals surface area contributed by atoms with Crippen molar-refractivity contribution in [1.82, 2.24) is 40.3 Å². The van der Waals surface area contributed by atoms with Crippen molar-refractivity contribution in [2.24, 2.45) is 5.92 Å². The predicted octanol–water partition coefficient (Wildman–Crippen LogP) is 5.95. The van der Waals surface area contributed by atoms with Gasteiger partial charge in [0.1, 0.15) is 47.9 Å². The molecule has 4 amide bonds. The summed E-state index contributed by atoms with van der Waals surface area (Å²) in [6.07, 6.45) is 12.8. The number of aromatic hydroxyl groups is 1. The molecule has 0 saturated carbocycles. The van der Waals surface area contributed by atoms with E-state index in [9.17, 15) is 24.3 Å². The average molecular weight is 1000 g/mol. The summed E-state index contributed by atoms with van der Waals surface area (Å²) >= 11 is 0. The number of aromatic nitrogens is 3. The molecule has 5 aromatic rings. The number of carbonyl (C=O) groups is 4. The van der Waals surface area contributed by atoms with Crippen LogP contribution in [-0.2, 0) is 20.9 Å². The largest absolute Gasteiger partial charge is 0.508 e. The molecule has 0 spiro atoms. The third kappa shape index (κ3) is 8.39. The summed E-state index contributed by atoms with van der Waals surface area (Å²) in [6, 6.07) is 10.6. The number of halogens is 2. The van der Waals surface area contributed by atoms with Crippen LogP contribution in [0.2, 0.25) is 0 Å². The normalized spacial score (nSPS) is 24.7. The minimum absolute atomic E-state index is 0.000248. The van der Waals surface area contributed by atoms with Gasteiger partial charge in [0.25, 0.3) is 5.91 Å². The zero-order chi connectivity index (χ0) is 51.0. The van der Waals surface area contributed by atoms with Crippen molar-refractivity contribution >= 4 is 51.3 Å². The average Bonchev–Trinajstić information content (AvgIpc) is 4.13. The van der Waals surface area contributed by atoms with E-state index in [1.165, 1.54) is 35.4 Å². The summed E-state index contributed by atoms with van der Waals surface area (Å²) < 4.78 is 44.9. The molecule has 7 aliphatic rings. The lowest BCUT2D eigenvalue weighted by Crippen LogP contribution is -2.52. The van der Waals surface area contributed by atoms with Crippen LogP contribution >= 0.6 is 0 Å². The number of rotatable bonds is 8. The molecule has 74 heavy (non-hydrogen) atoms. The number of ether oxygens (including phenoxy) is 2. The highest BCUT2D eigenvalue weighted by Crippen LogP contribution is 2.45. The Labute approximate surface area is 425 Å². The minimum atomic E-state index is -0.795. The third-order valence-corrected chi connectivity index (χ3v) is 16.2. The molecule has 2 aromatic heterocycles. The molecule has 3 N–H and O–H groups in total. The van der Waals surface area contributed by atoms with Gasteiger partial charge in [0.2, 0.25) is 11.8 Å². The Bertz CT molecular complexity index is 3330. The van der Waals surface area contributed by atoms with Gasteiger partial charge in [-0.1, -0.05) is 48.1 Å². The second kappa shape index (κ2) is 18.7. The van der Waals surface area contributed by atoms with Gasteiger partial charge in [0.05, 0.1) is 22.1 Å². The van der Waals surface area contributed by atoms with E-state index in [1.54, 1.807) is 4.90 Å². The van der Waals surface area contributed by atoms with Crippen LogP contribution in [0.5, 0.6) is 11.8 Å². The van der Waals surface area contributed by atoms with Gasteiger partial charge in [-0.25, -0.2) is 13.6 Å². The molecular weight excluding hydrogens is 949 g/mol. The Morgan fingerprint density at radius 1 is 1.00 bits per heavy atom. The van der Waals surface area contributed by atoms with Crippen molar-refractivity contribution < 1.29 is 42.5 Å². The van der Waals surface area contributed by atoms with E-state index in [0.29, 0.717) is 79.7 Å². The van der Waals surface area contributed by atoms with Gasteiger partial charge in [-0.05, 0) is 86.6 Å². The van der Waals surface area contributed by atoms with Crippen molar-refractivity contribution in [1.29, 1.82) is 0 Å². The summed E-state index contributed by atoms with van der Waals surface area (Å²) in [5.41, 5.74) is 2.26. The fraction of sp³-hybridized carbons (Fsp3) is 0.411. The summed E-state index contributed by atoms with van der Waals surface area (Å²) in [5, 5.41) is 17.8. The highest BCUT2D eigenvalue weighted by molar-refractivity contribution is 6.07. The van der Waals surface area contributed by atoms with Crippen LogP contribution in [0, 0.1) is 41.7 Å². The molecule has 18 heteroatoms. The lowest BCUT2D eigenvalue weighted by molar-refractivity contribution is -0.136. The van der Waals surface area contributed by atoms with Gasteiger partial charge in [-0.15, -0.1) is 6.42 Å². The molecule has 1 unspecified atom stereocenters. The van der Waals surface area contributed by atoms with Gasteiger partial charge in [0.15, 0.2) is 5.82 Å². The Kier molecular flexibility index (Phi) is 11.9. The Balaban J connectivity index is 0.725. The van der Waals surface area contributed by atoms with E-state index >= 15 is 8.78 Å². The van der Waals surface area contributed by atoms with Gasteiger partial charge in [0, 0.05) is 92.4 Å². The summed E-state index contributed by atoms with van der Waals surface area (Å²) in [6.45, 7) is 7.78. The summed E-state index contributed by atoms with van der Waals surface area (Å²) in [5.74, 6) is 6.78. The van der Waals surface area contributed by atoms with Crippen LogP contribution in [0.3, 0.4) is 0 Å². The van der Waals surface area contributed by atoms with Crippen molar-refractivity contribution in [3.05, 3.63) is 94.7 Å². The maximum absolute atomic E-state index is 17.3. The predicted molar refractivity (Wildman–Crippen MR) is 269 cm³/mol.